The number of urea groups is 1. The summed E-state index contributed by atoms with van der Waals surface area (Å²) in [4.78, 5) is 12.1. The molecule has 0 fully saturated rings. The number of hydrogen-bond donors (Lipinski definition) is 2. The zero-order chi connectivity index (χ0) is 17.6. The van der Waals surface area contributed by atoms with E-state index in [4.69, 9.17) is 9.15 Å². The summed E-state index contributed by atoms with van der Waals surface area (Å²) >= 11 is 0. The predicted octanol–water partition coefficient (Wildman–Crippen LogP) is 4.58. The molecule has 1 aromatic heterocycles. The quantitative estimate of drug-likeness (QED) is 0.691. The number of rotatable bonds is 6. The minimum Gasteiger partial charge on any atom is -0.494 e. The van der Waals surface area contributed by atoms with Gasteiger partial charge in [0.1, 0.15) is 17.1 Å². The molecule has 2 amide bonds. The second kappa shape index (κ2) is 7.75. The van der Waals surface area contributed by atoms with Crippen molar-refractivity contribution in [1.29, 1.82) is 0 Å². The number of furan rings is 1. The number of amides is 2. The van der Waals surface area contributed by atoms with E-state index < -0.39 is 0 Å². The molecule has 130 valence electrons. The number of fused-ring (bicyclic) bond motifs is 1. The Morgan fingerprint density at radius 1 is 1.16 bits per heavy atom. The van der Waals surface area contributed by atoms with Crippen LogP contribution in [0.15, 0.2) is 59.0 Å². The zero-order valence-corrected chi connectivity index (χ0v) is 14.4. The second-order valence-corrected chi connectivity index (χ2v) is 5.91. The van der Waals surface area contributed by atoms with Gasteiger partial charge in [-0.25, -0.2) is 4.79 Å². The lowest BCUT2D eigenvalue weighted by atomic mass is 10.2. The van der Waals surface area contributed by atoms with Gasteiger partial charge in [-0.05, 0) is 50.2 Å². The molecule has 2 N–H and O–H groups in total. The van der Waals surface area contributed by atoms with Crippen LogP contribution in [0, 0.1) is 0 Å². The van der Waals surface area contributed by atoms with Gasteiger partial charge in [-0.15, -0.1) is 0 Å². The van der Waals surface area contributed by atoms with Crippen molar-refractivity contribution in [3.8, 4) is 5.75 Å². The van der Waals surface area contributed by atoms with Crippen molar-refractivity contribution in [3.63, 3.8) is 0 Å². The summed E-state index contributed by atoms with van der Waals surface area (Å²) in [6.45, 7) is 4.50. The molecule has 1 unspecified atom stereocenters. The standard InChI is InChI=1S/C20H22N2O3/c1-3-24-17-10-8-16(9-11-17)22-20(23)21-14(2)12-18-13-15-6-4-5-7-19(15)25-18/h4-11,13-14H,3,12H2,1-2H3,(H2,21,22,23). The van der Waals surface area contributed by atoms with E-state index in [1.807, 2.05) is 68.4 Å². The summed E-state index contributed by atoms with van der Waals surface area (Å²) in [5.41, 5.74) is 1.58. The van der Waals surface area contributed by atoms with Crippen LogP contribution in [0.1, 0.15) is 19.6 Å². The maximum Gasteiger partial charge on any atom is 0.319 e. The van der Waals surface area contributed by atoms with Gasteiger partial charge in [-0.1, -0.05) is 18.2 Å². The average Bonchev–Trinajstić information content (AvgIpc) is 2.98. The Hall–Kier alpha value is -2.95. The first kappa shape index (κ1) is 16.9. The number of carbonyl (C=O) groups excluding carboxylic acids is 1. The summed E-state index contributed by atoms with van der Waals surface area (Å²) in [5.74, 6) is 1.64. The first-order chi connectivity index (χ1) is 12.1. The number of ether oxygens (including phenoxy) is 1. The van der Waals surface area contributed by atoms with Gasteiger partial charge in [-0.3, -0.25) is 0 Å². The van der Waals surface area contributed by atoms with Crippen molar-refractivity contribution in [2.45, 2.75) is 26.3 Å². The fourth-order valence-electron chi connectivity index (χ4n) is 2.68. The zero-order valence-electron chi connectivity index (χ0n) is 14.4. The molecule has 0 aliphatic rings. The lowest BCUT2D eigenvalue weighted by Gasteiger charge is -2.13. The Bertz CT molecular complexity index is 807. The first-order valence-corrected chi connectivity index (χ1v) is 8.42. The van der Waals surface area contributed by atoms with E-state index in [9.17, 15) is 4.79 Å². The molecule has 0 aliphatic heterocycles. The Kier molecular flexibility index (Phi) is 5.23. The Labute approximate surface area is 147 Å². The molecule has 0 aliphatic carbocycles. The topological polar surface area (TPSA) is 63.5 Å². The van der Waals surface area contributed by atoms with Crippen LogP contribution < -0.4 is 15.4 Å². The molecule has 1 heterocycles. The fraction of sp³-hybridized carbons (Fsp3) is 0.250. The van der Waals surface area contributed by atoms with E-state index in [0.717, 1.165) is 28.2 Å². The molecule has 0 saturated heterocycles. The van der Waals surface area contributed by atoms with Crippen LogP contribution in [0.3, 0.4) is 0 Å². The molecule has 0 bridgehead atoms. The highest BCUT2D eigenvalue weighted by molar-refractivity contribution is 5.89. The van der Waals surface area contributed by atoms with E-state index in [0.29, 0.717) is 13.0 Å². The Morgan fingerprint density at radius 3 is 2.64 bits per heavy atom. The molecule has 5 heteroatoms. The summed E-state index contributed by atoms with van der Waals surface area (Å²) in [6, 6.07) is 16.9. The van der Waals surface area contributed by atoms with Gasteiger partial charge in [0.15, 0.2) is 0 Å². The van der Waals surface area contributed by atoms with Gasteiger partial charge in [0.25, 0.3) is 0 Å². The molecule has 3 rings (SSSR count). The molecular formula is C20H22N2O3. The number of benzene rings is 2. The molecule has 25 heavy (non-hydrogen) atoms. The summed E-state index contributed by atoms with van der Waals surface area (Å²) in [6.07, 6.45) is 0.630. The number of carbonyl (C=O) groups is 1. The first-order valence-electron chi connectivity index (χ1n) is 8.42. The highest BCUT2D eigenvalue weighted by Gasteiger charge is 2.11. The van der Waals surface area contributed by atoms with Crippen molar-refractivity contribution in [2.24, 2.45) is 0 Å². The average molecular weight is 338 g/mol. The van der Waals surface area contributed by atoms with Crippen LogP contribution in [0.5, 0.6) is 5.75 Å². The van der Waals surface area contributed by atoms with Crippen LogP contribution in [-0.2, 0) is 6.42 Å². The molecule has 2 aromatic carbocycles. The minimum atomic E-state index is -0.243. The Morgan fingerprint density at radius 2 is 1.92 bits per heavy atom. The van der Waals surface area contributed by atoms with Crippen LogP contribution in [0.25, 0.3) is 11.0 Å². The monoisotopic (exact) mass is 338 g/mol. The van der Waals surface area contributed by atoms with E-state index in [-0.39, 0.29) is 12.1 Å². The van der Waals surface area contributed by atoms with Crippen molar-refractivity contribution in [3.05, 3.63) is 60.4 Å². The minimum absolute atomic E-state index is 0.0525. The Balaban J connectivity index is 1.53. The smallest absolute Gasteiger partial charge is 0.319 e. The number of para-hydroxylation sites is 1. The third-order valence-corrected chi connectivity index (χ3v) is 3.78. The number of anilines is 1. The largest absolute Gasteiger partial charge is 0.494 e. The van der Waals surface area contributed by atoms with E-state index in [1.165, 1.54) is 0 Å². The fourth-order valence-corrected chi connectivity index (χ4v) is 2.68. The predicted molar refractivity (Wildman–Crippen MR) is 99.1 cm³/mol. The van der Waals surface area contributed by atoms with Crippen LogP contribution >= 0.6 is 0 Å². The second-order valence-electron chi connectivity index (χ2n) is 5.91. The lowest BCUT2D eigenvalue weighted by Crippen LogP contribution is -2.37. The summed E-state index contributed by atoms with van der Waals surface area (Å²) in [5, 5.41) is 6.81. The van der Waals surface area contributed by atoms with Crippen molar-refractivity contribution < 1.29 is 13.9 Å². The lowest BCUT2D eigenvalue weighted by molar-refractivity contribution is 0.249. The van der Waals surface area contributed by atoms with Gasteiger partial charge in [0, 0.05) is 23.5 Å². The van der Waals surface area contributed by atoms with E-state index >= 15 is 0 Å². The molecule has 3 aromatic rings. The van der Waals surface area contributed by atoms with Crippen LogP contribution in [0.2, 0.25) is 0 Å². The van der Waals surface area contributed by atoms with Crippen molar-refractivity contribution in [2.75, 3.05) is 11.9 Å². The van der Waals surface area contributed by atoms with Crippen LogP contribution in [-0.4, -0.2) is 18.7 Å². The van der Waals surface area contributed by atoms with E-state index in [1.54, 1.807) is 0 Å². The normalized spacial score (nSPS) is 11.9. The number of hydrogen-bond acceptors (Lipinski definition) is 3. The molecule has 5 nitrogen and oxygen atoms in total. The molecule has 1 atom stereocenters. The summed E-state index contributed by atoms with van der Waals surface area (Å²) < 4.78 is 11.2. The van der Waals surface area contributed by atoms with Crippen LogP contribution in [0.4, 0.5) is 10.5 Å². The van der Waals surface area contributed by atoms with E-state index in [2.05, 4.69) is 10.6 Å². The van der Waals surface area contributed by atoms with Gasteiger partial charge >= 0.3 is 6.03 Å². The highest BCUT2D eigenvalue weighted by Crippen LogP contribution is 2.20. The molecule has 0 spiro atoms. The maximum absolute atomic E-state index is 12.1. The van der Waals surface area contributed by atoms with Gasteiger partial charge in [0.2, 0.25) is 0 Å². The van der Waals surface area contributed by atoms with Crippen molar-refractivity contribution in [1.82, 2.24) is 5.32 Å². The number of nitrogens with one attached hydrogen (secondary N) is 2. The highest BCUT2D eigenvalue weighted by atomic mass is 16.5. The SMILES string of the molecule is CCOc1ccc(NC(=O)NC(C)Cc2cc3ccccc3o2)cc1. The molecular weight excluding hydrogens is 316 g/mol. The van der Waals surface area contributed by atoms with Gasteiger partial charge in [-0.2, -0.15) is 0 Å². The third kappa shape index (κ3) is 4.53. The van der Waals surface area contributed by atoms with Crippen molar-refractivity contribution >= 4 is 22.7 Å². The summed E-state index contributed by atoms with van der Waals surface area (Å²) in [7, 11) is 0. The molecule has 0 saturated carbocycles. The molecule has 0 radical (unpaired) electrons. The van der Waals surface area contributed by atoms with Gasteiger partial charge in [0.05, 0.1) is 6.61 Å². The third-order valence-electron chi connectivity index (χ3n) is 3.78. The maximum atomic E-state index is 12.1. The van der Waals surface area contributed by atoms with Gasteiger partial charge < -0.3 is 19.8 Å².